The van der Waals surface area contributed by atoms with E-state index in [4.69, 9.17) is 9.98 Å². The fourth-order valence-corrected chi connectivity index (χ4v) is 4.90. The number of nitrogens with zero attached hydrogens (tertiary/aromatic N) is 6. The van der Waals surface area contributed by atoms with Crippen LogP contribution in [0.5, 0.6) is 0 Å². The molecule has 0 fully saturated rings. The Kier molecular flexibility index (Phi) is 11.7. The first-order valence-electron chi connectivity index (χ1n) is 14.7. The summed E-state index contributed by atoms with van der Waals surface area (Å²) in [6.07, 6.45) is 7.07. The lowest BCUT2D eigenvalue weighted by atomic mass is 10.1. The lowest BCUT2D eigenvalue weighted by molar-refractivity contribution is 0.416. The third kappa shape index (κ3) is 7.97. The van der Waals surface area contributed by atoms with E-state index in [1.54, 1.807) is 12.3 Å². The van der Waals surface area contributed by atoms with Gasteiger partial charge in [-0.15, -0.1) is 0 Å². The van der Waals surface area contributed by atoms with Gasteiger partial charge >= 0.3 is 0 Å². The van der Waals surface area contributed by atoms with Gasteiger partial charge in [-0.05, 0) is 83.1 Å². The van der Waals surface area contributed by atoms with Crippen molar-refractivity contribution in [1.82, 2.24) is 14.5 Å². The van der Waals surface area contributed by atoms with Crippen molar-refractivity contribution in [3.63, 3.8) is 0 Å². The summed E-state index contributed by atoms with van der Waals surface area (Å²) < 4.78 is 2.31. The first kappa shape index (κ1) is 32.3. The van der Waals surface area contributed by atoms with Crippen molar-refractivity contribution in [2.45, 2.75) is 46.6 Å². The molecule has 1 aromatic heterocycles. The molecule has 0 saturated heterocycles. The molecule has 8 heteroatoms. The van der Waals surface area contributed by atoms with Crippen LogP contribution in [-0.2, 0) is 12.8 Å². The summed E-state index contributed by atoms with van der Waals surface area (Å²) in [5.41, 5.74) is 9.01. The zero-order valence-corrected chi connectivity index (χ0v) is 26.5. The van der Waals surface area contributed by atoms with Crippen molar-refractivity contribution in [1.29, 1.82) is 0 Å². The molecule has 3 rings (SSSR count). The van der Waals surface area contributed by atoms with Crippen LogP contribution in [0.15, 0.2) is 77.5 Å². The van der Waals surface area contributed by atoms with Crippen molar-refractivity contribution in [2.24, 2.45) is 9.98 Å². The molecule has 0 saturated carbocycles. The summed E-state index contributed by atoms with van der Waals surface area (Å²) in [7, 11) is 6.30. The number of hydrogen-bond acceptors (Lipinski definition) is 7. The summed E-state index contributed by atoms with van der Waals surface area (Å²) in [6, 6.07) is 11.0. The number of likely N-dealkylation sites (N-methyl/N-ethyl adjacent to an activating group) is 2. The van der Waals surface area contributed by atoms with Crippen LogP contribution >= 0.6 is 0 Å². The van der Waals surface area contributed by atoms with Crippen LogP contribution in [0.1, 0.15) is 50.7 Å². The quantitative estimate of drug-likeness (QED) is 0.145. The summed E-state index contributed by atoms with van der Waals surface area (Å²) >= 11 is 0. The Balaban J connectivity index is 1.97. The minimum absolute atomic E-state index is 0.310. The van der Waals surface area contributed by atoms with Gasteiger partial charge in [0.15, 0.2) is 0 Å². The molecule has 1 heterocycles. The molecule has 0 radical (unpaired) electrons. The fourth-order valence-electron chi connectivity index (χ4n) is 4.90. The molecule has 0 bridgehead atoms. The summed E-state index contributed by atoms with van der Waals surface area (Å²) in [5, 5.41) is 6.99. The Bertz CT molecular complexity index is 1460. The molecule has 0 aliphatic carbocycles. The van der Waals surface area contributed by atoms with E-state index in [9.17, 15) is 0 Å². The molecular weight excluding hydrogens is 520 g/mol. The highest BCUT2D eigenvalue weighted by Gasteiger charge is 2.15. The van der Waals surface area contributed by atoms with Gasteiger partial charge in [0, 0.05) is 55.7 Å². The van der Waals surface area contributed by atoms with Crippen LogP contribution in [0, 0.1) is 0 Å². The summed E-state index contributed by atoms with van der Waals surface area (Å²) in [4.78, 5) is 18.2. The maximum absolute atomic E-state index is 4.95. The standard InChI is InChI=1S/C34H48N8/c1-11-25(6)38-31-22-30(26(12-2)20-32(31)41(10)19-18-40(8)9)37-23-36-28(16-17-35-7)27-14-15-29-33(21-27)42(24(4)5)34(13-3)39-29/h11,14-17,20-22,24,37-38H,1,6-7,12-13,18-19,23H2,2-5,8-10H3/b17-16-,36-28+. The molecule has 0 unspecified atom stereocenters. The second kappa shape index (κ2) is 15.2. The molecule has 42 heavy (non-hydrogen) atoms. The topological polar surface area (TPSA) is 73.1 Å². The van der Waals surface area contributed by atoms with Crippen molar-refractivity contribution in [3.05, 3.63) is 84.5 Å². The second-order valence-corrected chi connectivity index (χ2v) is 10.9. The molecule has 3 aromatic rings. The molecule has 0 amide bonds. The van der Waals surface area contributed by atoms with Gasteiger partial charge in [0.1, 0.15) is 12.5 Å². The highest BCUT2D eigenvalue weighted by atomic mass is 15.2. The highest BCUT2D eigenvalue weighted by Crippen LogP contribution is 2.33. The van der Waals surface area contributed by atoms with E-state index in [0.29, 0.717) is 12.7 Å². The Morgan fingerprint density at radius 3 is 2.45 bits per heavy atom. The zero-order chi connectivity index (χ0) is 30.8. The van der Waals surface area contributed by atoms with Gasteiger partial charge in [-0.3, -0.25) is 9.98 Å². The van der Waals surface area contributed by atoms with Crippen LogP contribution in [0.4, 0.5) is 17.1 Å². The van der Waals surface area contributed by atoms with Crippen molar-refractivity contribution >= 4 is 40.5 Å². The fraction of sp³-hybridized carbons (Fsp3) is 0.382. The molecule has 224 valence electrons. The number of fused-ring (bicyclic) bond motifs is 1. The summed E-state index contributed by atoms with van der Waals surface area (Å²) in [5.74, 6) is 1.09. The lowest BCUT2D eigenvalue weighted by Gasteiger charge is -2.26. The number of benzene rings is 2. The Labute approximate surface area is 252 Å². The third-order valence-corrected chi connectivity index (χ3v) is 7.19. The molecule has 0 aliphatic rings. The van der Waals surface area contributed by atoms with Crippen LogP contribution < -0.4 is 15.5 Å². The van der Waals surface area contributed by atoms with Gasteiger partial charge in [-0.1, -0.05) is 33.1 Å². The normalized spacial score (nSPS) is 12.0. The molecule has 8 nitrogen and oxygen atoms in total. The van der Waals surface area contributed by atoms with Gasteiger partial charge < -0.3 is 25.0 Å². The van der Waals surface area contributed by atoms with E-state index in [0.717, 1.165) is 76.8 Å². The van der Waals surface area contributed by atoms with Crippen LogP contribution in [-0.4, -0.2) is 67.8 Å². The van der Waals surface area contributed by atoms with Gasteiger partial charge in [0.25, 0.3) is 0 Å². The number of aromatic nitrogens is 2. The lowest BCUT2D eigenvalue weighted by Crippen LogP contribution is -2.29. The van der Waals surface area contributed by atoms with Gasteiger partial charge in [-0.25, -0.2) is 4.98 Å². The smallest absolute Gasteiger partial charge is 0.109 e. The molecule has 0 aliphatic heterocycles. The minimum atomic E-state index is 0.310. The second-order valence-electron chi connectivity index (χ2n) is 10.9. The minimum Gasteiger partial charge on any atom is -0.372 e. The van der Waals surface area contributed by atoms with E-state index in [-0.39, 0.29) is 0 Å². The number of allylic oxidation sites excluding steroid dienone is 2. The number of rotatable bonds is 16. The zero-order valence-electron chi connectivity index (χ0n) is 26.5. The SMILES string of the molecule is C=CC(=C)Nc1cc(NC/N=C(\C=C/N=C)c2ccc3nc(CC)n(C(C)C)c3c2)c(CC)cc1N(C)CCN(C)C. The number of imidazole rings is 1. The van der Waals surface area contributed by atoms with Gasteiger partial charge in [0.2, 0.25) is 0 Å². The van der Waals surface area contributed by atoms with Crippen LogP contribution in [0.25, 0.3) is 11.0 Å². The molecule has 0 atom stereocenters. The Morgan fingerprint density at radius 2 is 1.83 bits per heavy atom. The van der Waals surface area contributed by atoms with E-state index < -0.39 is 0 Å². The number of hydrogen-bond donors (Lipinski definition) is 2. The van der Waals surface area contributed by atoms with Crippen molar-refractivity contribution in [3.8, 4) is 0 Å². The molecular formula is C34H48N8. The third-order valence-electron chi connectivity index (χ3n) is 7.19. The van der Waals surface area contributed by atoms with Crippen molar-refractivity contribution in [2.75, 3.05) is 56.4 Å². The number of aryl methyl sites for hydroxylation is 2. The average Bonchev–Trinajstić information content (AvgIpc) is 3.35. The Hall–Kier alpha value is -4.17. The maximum atomic E-state index is 4.95. The van der Waals surface area contributed by atoms with E-state index in [2.05, 4.69) is 129 Å². The molecule has 0 spiro atoms. The van der Waals surface area contributed by atoms with Gasteiger partial charge in [0.05, 0.1) is 28.1 Å². The van der Waals surface area contributed by atoms with Crippen LogP contribution in [0.3, 0.4) is 0 Å². The summed E-state index contributed by atoms with van der Waals surface area (Å²) in [6.45, 7) is 22.5. The van der Waals surface area contributed by atoms with Crippen molar-refractivity contribution < 1.29 is 0 Å². The largest absolute Gasteiger partial charge is 0.372 e. The molecule has 2 N–H and O–H groups in total. The van der Waals surface area contributed by atoms with E-state index in [1.165, 1.54) is 5.56 Å². The first-order chi connectivity index (χ1) is 20.1. The number of anilines is 3. The number of nitrogens with one attached hydrogen (secondary N) is 2. The first-order valence-corrected chi connectivity index (χ1v) is 14.7. The average molecular weight is 569 g/mol. The number of aliphatic imine (C=N–C) groups is 2. The highest BCUT2D eigenvalue weighted by molar-refractivity contribution is 6.10. The van der Waals surface area contributed by atoms with Crippen LogP contribution in [0.2, 0.25) is 0 Å². The Morgan fingerprint density at radius 1 is 1.07 bits per heavy atom. The van der Waals surface area contributed by atoms with E-state index >= 15 is 0 Å². The van der Waals surface area contributed by atoms with Gasteiger partial charge in [-0.2, -0.15) is 0 Å². The van der Waals surface area contributed by atoms with E-state index in [1.807, 2.05) is 6.08 Å². The maximum Gasteiger partial charge on any atom is 0.109 e. The molecule has 2 aromatic carbocycles. The monoisotopic (exact) mass is 568 g/mol. The predicted octanol–water partition coefficient (Wildman–Crippen LogP) is 6.92. The predicted molar refractivity (Wildman–Crippen MR) is 184 cm³/mol.